The maximum Gasteiger partial charge on any atom is 0.212 e. The molecule has 0 spiro atoms. The third-order valence-corrected chi connectivity index (χ3v) is 3.85. The Labute approximate surface area is 101 Å². The number of alkyl halides is 1. The number of hydrogen-bond donors (Lipinski definition) is 1. The molecular weight excluding hydrogens is 250 g/mol. The number of rotatable bonds is 7. The number of aryl methyl sites for hydroxylation is 1. The summed E-state index contributed by atoms with van der Waals surface area (Å²) < 4.78 is 27.3. The van der Waals surface area contributed by atoms with Gasteiger partial charge in [-0.2, -0.15) is 0 Å². The quantitative estimate of drug-likeness (QED) is 0.587. The lowest BCUT2D eigenvalue weighted by atomic mass is 10.4. The van der Waals surface area contributed by atoms with E-state index in [1.54, 1.807) is 17.0 Å². The fourth-order valence-corrected chi connectivity index (χ4v) is 2.47. The second kappa shape index (κ2) is 6.22. The standard InChI is InChI=1S/C9H16ClN3O2S/c1-13-6-5-11-9(13)8-12-16(14,15)7-3-2-4-10/h5-6,12H,2-4,7-8H2,1H3. The average Bonchev–Trinajstić information content (AvgIpc) is 2.62. The highest BCUT2D eigenvalue weighted by Gasteiger charge is 2.10. The first kappa shape index (κ1) is 13.5. The third-order valence-electron chi connectivity index (χ3n) is 2.17. The smallest absolute Gasteiger partial charge is 0.212 e. The number of nitrogens with zero attached hydrogens (tertiary/aromatic N) is 2. The molecule has 0 aromatic carbocycles. The highest BCUT2D eigenvalue weighted by atomic mass is 35.5. The minimum Gasteiger partial charge on any atom is -0.337 e. The highest BCUT2D eigenvalue weighted by Crippen LogP contribution is 1.99. The maximum absolute atomic E-state index is 11.5. The molecule has 0 atom stereocenters. The normalized spacial score (nSPS) is 11.9. The first-order valence-electron chi connectivity index (χ1n) is 5.04. The zero-order valence-corrected chi connectivity index (χ0v) is 10.8. The molecule has 1 heterocycles. The van der Waals surface area contributed by atoms with Gasteiger partial charge in [-0.1, -0.05) is 0 Å². The summed E-state index contributed by atoms with van der Waals surface area (Å²) in [6, 6.07) is 0. The summed E-state index contributed by atoms with van der Waals surface area (Å²) in [6.45, 7) is 0.229. The summed E-state index contributed by atoms with van der Waals surface area (Å²) in [6.07, 6.45) is 4.71. The van der Waals surface area contributed by atoms with Crippen molar-refractivity contribution in [2.45, 2.75) is 19.4 Å². The molecule has 0 unspecified atom stereocenters. The first-order valence-corrected chi connectivity index (χ1v) is 7.23. The van der Waals surface area contributed by atoms with E-state index in [0.717, 1.165) is 0 Å². The van der Waals surface area contributed by atoms with Crippen molar-refractivity contribution in [1.29, 1.82) is 0 Å². The fraction of sp³-hybridized carbons (Fsp3) is 0.667. The predicted octanol–water partition coefficient (Wildman–Crippen LogP) is 0.858. The van der Waals surface area contributed by atoms with Gasteiger partial charge in [0.1, 0.15) is 5.82 Å². The van der Waals surface area contributed by atoms with E-state index in [-0.39, 0.29) is 12.3 Å². The molecule has 1 N–H and O–H groups in total. The average molecular weight is 266 g/mol. The van der Waals surface area contributed by atoms with Gasteiger partial charge >= 0.3 is 0 Å². The summed E-state index contributed by atoms with van der Waals surface area (Å²) in [5.41, 5.74) is 0. The number of aromatic nitrogens is 2. The molecule has 0 aliphatic carbocycles. The van der Waals surface area contributed by atoms with Crippen LogP contribution < -0.4 is 4.72 Å². The molecule has 92 valence electrons. The fourth-order valence-electron chi connectivity index (χ4n) is 1.20. The lowest BCUT2D eigenvalue weighted by Gasteiger charge is -2.06. The number of halogens is 1. The molecule has 7 heteroatoms. The Morgan fingerprint density at radius 3 is 2.81 bits per heavy atom. The van der Waals surface area contributed by atoms with Gasteiger partial charge in [-0.05, 0) is 12.8 Å². The van der Waals surface area contributed by atoms with E-state index < -0.39 is 10.0 Å². The van der Waals surface area contributed by atoms with Crippen molar-refractivity contribution < 1.29 is 8.42 Å². The Hall–Kier alpha value is -0.590. The Kier molecular flexibility index (Phi) is 5.24. The van der Waals surface area contributed by atoms with Crippen LogP contribution in [0, 0.1) is 0 Å². The Balaban J connectivity index is 2.39. The summed E-state index contributed by atoms with van der Waals surface area (Å²) in [4.78, 5) is 4.03. The predicted molar refractivity (Wildman–Crippen MR) is 63.8 cm³/mol. The number of nitrogens with one attached hydrogen (secondary N) is 1. The molecule has 16 heavy (non-hydrogen) atoms. The van der Waals surface area contributed by atoms with Gasteiger partial charge in [-0.25, -0.2) is 18.1 Å². The summed E-state index contributed by atoms with van der Waals surface area (Å²) in [5.74, 6) is 1.31. The summed E-state index contributed by atoms with van der Waals surface area (Å²) >= 11 is 5.48. The van der Waals surface area contributed by atoms with Crippen LogP contribution >= 0.6 is 11.6 Å². The van der Waals surface area contributed by atoms with Gasteiger partial charge in [0, 0.05) is 25.3 Å². The molecule has 0 amide bonds. The van der Waals surface area contributed by atoms with Crippen molar-refractivity contribution in [2.24, 2.45) is 7.05 Å². The zero-order chi connectivity index (χ0) is 12.0. The van der Waals surface area contributed by atoms with Crippen molar-refractivity contribution in [3.63, 3.8) is 0 Å². The van der Waals surface area contributed by atoms with Gasteiger partial charge in [0.15, 0.2) is 0 Å². The molecule has 1 rings (SSSR count). The third kappa shape index (κ3) is 4.51. The van der Waals surface area contributed by atoms with Crippen LogP contribution in [0.5, 0.6) is 0 Å². The van der Waals surface area contributed by atoms with Crippen molar-refractivity contribution in [2.75, 3.05) is 11.6 Å². The number of unbranched alkanes of at least 4 members (excludes halogenated alkanes) is 1. The van der Waals surface area contributed by atoms with E-state index in [2.05, 4.69) is 9.71 Å². The highest BCUT2D eigenvalue weighted by molar-refractivity contribution is 7.89. The van der Waals surface area contributed by atoms with E-state index >= 15 is 0 Å². The van der Waals surface area contributed by atoms with Crippen molar-refractivity contribution in [3.05, 3.63) is 18.2 Å². The molecule has 1 aromatic rings. The zero-order valence-electron chi connectivity index (χ0n) is 9.19. The van der Waals surface area contributed by atoms with Crippen LogP contribution in [0.15, 0.2) is 12.4 Å². The molecule has 5 nitrogen and oxygen atoms in total. The molecule has 0 aliphatic heterocycles. The Morgan fingerprint density at radius 1 is 1.50 bits per heavy atom. The van der Waals surface area contributed by atoms with E-state index in [1.807, 2.05) is 7.05 Å². The van der Waals surface area contributed by atoms with Gasteiger partial charge in [0.25, 0.3) is 0 Å². The van der Waals surface area contributed by atoms with Crippen LogP contribution in [0.4, 0.5) is 0 Å². The lowest BCUT2D eigenvalue weighted by Crippen LogP contribution is -2.27. The molecule has 0 saturated heterocycles. The molecular formula is C9H16ClN3O2S. The van der Waals surface area contributed by atoms with Crippen LogP contribution in [0.25, 0.3) is 0 Å². The van der Waals surface area contributed by atoms with Gasteiger partial charge < -0.3 is 4.57 Å². The minimum absolute atomic E-state index is 0.115. The molecule has 0 radical (unpaired) electrons. The summed E-state index contributed by atoms with van der Waals surface area (Å²) in [5, 5.41) is 0. The molecule has 0 fully saturated rings. The van der Waals surface area contributed by atoms with Gasteiger partial charge in [-0.15, -0.1) is 11.6 Å². The molecule has 0 saturated carbocycles. The number of sulfonamides is 1. The van der Waals surface area contributed by atoms with Gasteiger partial charge in [0.05, 0.1) is 12.3 Å². The van der Waals surface area contributed by atoms with Gasteiger partial charge in [-0.3, -0.25) is 0 Å². The van der Waals surface area contributed by atoms with Gasteiger partial charge in [0.2, 0.25) is 10.0 Å². The van der Waals surface area contributed by atoms with Crippen LogP contribution in [0.3, 0.4) is 0 Å². The Morgan fingerprint density at radius 2 is 2.25 bits per heavy atom. The van der Waals surface area contributed by atoms with Crippen LogP contribution in [0.1, 0.15) is 18.7 Å². The molecule has 0 aliphatic rings. The topological polar surface area (TPSA) is 64.0 Å². The van der Waals surface area contributed by atoms with E-state index in [1.165, 1.54) is 0 Å². The van der Waals surface area contributed by atoms with E-state index in [9.17, 15) is 8.42 Å². The molecule has 0 bridgehead atoms. The largest absolute Gasteiger partial charge is 0.337 e. The van der Waals surface area contributed by atoms with Crippen molar-refractivity contribution in [1.82, 2.24) is 14.3 Å². The van der Waals surface area contributed by atoms with E-state index in [0.29, 0.717) is 24.5 Å². The number of imidazole rings is 1. The first-order chi connectivity index (χ1) is 7.55. The maximum atomic E-state index is 11.5. The SMILES string of the molecule is Cn1ccnc1CNS(=O)(=O)CCCCCl. The summed E-state index contributed by atoms with van der Waals surface area (Å²) in [7, 11) is -1.39. The monoisotopic (exact) mass is 265 g/mol. The van der Waals surface area contributed by atoms with Crippen molar-refractivity contribution in [3.8, 4) is 0 Å². The van der Waals surface area contributed by atoms with Crippen LogP contribution in [-0.2, 0) is 23.6 Å². The van der Waals surface area contributed by atoms with E-state index in [4.69, 9.17) is 11.6 Å². The minimum atomic E-state index is -3.21. The van der Waals surface area contributed by atoms with Crippen LogP contribution in [0.2, 0.25) is 0 Å². The lowest BCUT2D eigenvalue weighted by molar-refractivity contribution is 0.574. The van der Waals surface area contributed by atoms with Crippen molar-refractivity contribution >= 4 is 21.6 Å². The number of hydrogen-bond acceptors (Lipinski definition) is 3. The second-order valence-electron chi connectivity index (χ2n) is 3.49. The molecule has 1 aromatic heterocycles. The van der Waals surface area contributed by atoms with Crippen LogP contribution in [-0.4, -0.2) is 29.6 Å². The second-order valence-corrected chi connectivity index (χ2v) is 5.79. The Bertz CT molecular complexity index is 416.